The maximum Gasteiger partial charge on any atom is 0.0529 e. The van der Waals surface area contributed by atoms with Crippen LogP contribution in [0.25, 0.3) is 0 Å². The van der Waals surface area contributed by atoms with Gasteiger partial charge in [0.05, 0.1) is 10.8 Å². The van der Waals surface area contributed by atoms with Crippen molar-refractivity contribution in [2.75, 3.05) is 11.5 Å². The van der Waals surface area contributed by atoms with Crippen LogP contribution in [-0.2, 0) is 10.8 Å². The summed E-state index contributed by atoms with van der Waals surface area (Å²) >= 11 is 0. The number of nitrogens with two attached hydrogens (primary N) is 1. The molecule has 1 saturated carbocycles. The summed E-state index contributed by atoms with van der Waals surface area (Å²) in [7, 11) is -0.828. The first-order valence-corrected chi connectivity index (χ1v) is 6.31. The molecule has 1 aliphatic rings. The van der Waals surface area contributed by atoms with Crippen LogP contribution in [0.4, 0.5) is 5.69 Å². The van der Waals surface area contributed by atoms with Gasteiger partial charge >= 0.3 is 0 Å². The Morgan fingerprint density at radius 3 is 2.50 bits per heavy atom. The zero-order valence-corrected chi connectivity index (χ0v) is 8.93. The van der Waals surface area contributed by atoms with Crippen molar-refractivity contribution in [1.29, 1.82) is 0 Å². The minimum absolute atomic E-state index is 0.730. The lowest BCUT2D eigenvalue weighted by Gasteiger charge is -2.01. The van der Waals surface area contributed by atoms with Crippen LogP contribution in [0.15, 0.2) is 29.2 Å². The molecule has 14 heavy (non-hydrogen) atoms. The van der Waals surface area contributed by atoms with Crippen molar-refractivity contribution < 1.29 is 4.21 Å². The van der Waals surface area contributed by atoms with E-state index in [1.165, 1.54) is 12.8 Å². The molecule has 1 unspecified atom stereocenters. The maximum atomic E-state index is 11.8. The molecule has 1 aliphatic carbocycles. The standard InChI is InChI=1S/C11H15NOS/c12-10-3-5-11(6-4-10)14(13)8-7-9-1-2-9/h3-6,9H,1-2,7-8,12H2. The molecule has 2 nitrogen and oxygen atoms in total. The molecule has 1 atom stereocenters. The number of rotatable bonds is 4. The molecule has 0 radical (unpaired) electrons. The van der Waals surface area contributed by atoms with E-state index in [9.17, 15) is 4.21 Å². The Morgan fingerprint density at radius 1 is 1.29 bits per heavy atom. The second-order valence-corrected chi connectivity index (χ2v) is 5.42. The van der Waals surface area contributed by atoms with Gasteiger partial charge < -0.3 is 5.73 Å². The largest absolute Gasteiger partial charge is 0.399 e. The molecule has 1 fully saturated rings. The molecule has 0 aromatic heterocycles. The zero-order chi connectivity index (χ0) is 9.97. The summed E-state index contributed by atoms with van der Waals surface area (Å²) in [6, 6.07) is 7.34. The number of hydrogen-bond donors (Lipinski definition) is 1. The molecule has 3 heteroatoms. The van der Waals surface area contributed by atoms with E-state index >= 15 is 0 Å². The fourth-order valence-electron chi connectivity index (χ4n) is 1.42. The highest BCUT2D eigenvalue weighted by Crippen LogP contribution is 2.32. The smallest absolute Gasteiger partial charge is 0.0529 e. The average Bonchev–Trinajstić information content (AvgIpc) is 2.99. The van der Waals surface area contributed by atoms with Crippen molar-refractivity contribution in [2.45, 2.75) is 24.2 Å². The number of hydrogen-bond acceptors (Lipinski definition) is 2. The lowest BCUT2D eigenvalue weighted by molar-refractivity contribution is 0.676. The molecule has 0 aliphatic heterocycles. The van der Waals surface area contributed by atoms with Crippen LogP contribution in [-0.4, -0.2) is 9.96 Å². The van der Waals surface area contributed by atoms with E-state index < -0.39 is 10.8 Å². The molecule has 0 spiro atoms. The van der Waals surface area contributed by atoms with Crippen LogP contribution < -0.4 is 5.73 Å². The second kappa shape index (κ2) is 4.13. The normalized spacial score (nSPS) is 18.0. The third kappa shape index (κ3) is 2.58. The van der Waals surface area contributed by atoms with Crippen LogP contribution in [0, 0.1) is 5.92 Å². The summed E-state index contributed by atoms with van der Waals surface area (Å²) in [5.74, 6) is 1.65. The first-order chi connectivity index (χ1) is 6.75. The Kier molecular flexibility index (Phi) is 2.87. The molecule has 0 saturated heterocycles. The van der Waals surface area contributed by atoms with E-state index in [2.05, 4.69) is 0 Å². The number of anilines is 1. The first-order valence-electron chi connectivity index (χ1n) is 4.99. The number of benzene rings is 1. The Hall–Kier alpha value is -0.830. The lowest BCUT2D eigenvalue weighted by atomic mass is 10.3. The van der Waals surface area contributed by atoms with Crippen LogP contribution in [0.3, 0.4) is 0 Å². The highest BCUT2D eigenvalue weighted by molar-refractivity contribution is 7.85. The van der Waals surface area contributed by atoms with Crippen molar-refractivity contribution in [1.82, 2.24) is 0 Å². The Morgan fingerprint density at radius 2 is 1.93 bits per heavy atom. The predicted octanol–water partition coefficient (Wildman–Crippen LogP) is 2.18. The Bertz CT molecular complexity index is 330. The quantitative estimate of drug-likeness (QED) is 0.772. The van der Waals surface area contributed by atoms with Crippen molar-refractivity contribution in [3.05, 3.63) is 24.3 Å². The summed E-state index contributed by atoms with van der Waals surface area (Å²) in [6.07, 6.45) is 3.77. The van der Waals surface area contributed by atoms with Gasteiger partial charge in [-0.05, 0) is 36.6 Å². The average molecular weight is 209 g/mol. The van der Waals surface area contributed by atoms with Crippen LogP contribution in [0.1, 0.15) is 19.3 Å². The fourth-order valence-corrected chi connectivity index (χ4v) is 2.64. The van der Waals surface area contributed by atoms with Gasteiger partial charge in [-0.1, -0.05) is 12.8 Å². The lowest BCUT2D eigenvalue weighted by Crippen LogP contribution is -1.99. The molecule has 2 rings (SSSR count). The van der Waals surface area contributed by atoms with E-state index in [0.717, 1.165) is 28.7 Å². The molecular formula is C11H15NOS. The Labute approximate surface area is 87.0 Å². The van der Waals surface area contributed by atoms with Gasteiger partial charge in [0.1, 0.15) is 0 Å². The molecule has 0 bridgehead atoms. The van der Waals surface area contributed by atoms with Gasteiger partial charge in [-0.15, -0.1) is 0 Å². The maximum absolute atomic E-state index is 11.8. The van der Waals surface area contributed by atoms with Crippen molar-refractivity contribution in [3.63, 3.8) is 0 Å². The summed E-state index contributed by atoms with van der Waals surface area (Å²) in [6.45, 7) is 0. The minimum atomic E-state index is -0.828. The number of nitrogen functional groups attached to an aromatic ring is 1. The summed E-state index contributed by atoms with van der Waals surface area (Å²) in [5.41, 5.74) is 6.29. The molecule has 2 N–H and O–H groups in total. The zero-order valence-electron chi connectivity index (χ0n) is 8.11. The second-order valence-electron chi connectivity index (χ2n) is 3.85. The van der Waals surface area contributed by atoms with E-state index in [4.69, 9.17) is 5.73 Å². The van der Waals surface area contributed by atoms with Crippen LogP contribution in [0.5, 0.6) is 0 Å². The highest BCUT2D eigenvalue weighted by atomic mass is 32.2. The van der Waals surface area contributed by atoms with Crippen LogP contribution in [0.2, 0.25) is 0 Å². The van der Waals surface area contributed by atoms with Gasteiger partial charge in [0.2, 0.25) is 0 Å². The van der Waals surface area contributed by atoms with Crippen LogP contribution >= 0.6 is 0 Å². The van der Waals surface area contributed by atoms with Gasteiger partial charge in [-0.25, -0.2) is 0 Å². The predicted molar refractivity (Wildman–Crippen MR) is 59.5 cm³/mol. The summed E-state index contributed by atoms with van der Waals surface area (Å²) in [5, 5.41) is 0. The van der Waals surface area contributed by atoms with E-state index in [0.29, 0.717) is 0 Å². The summed E-state index contributed by atoms with van der Waals surface area (Å²) < 4.78 is 11.8. The molecule has 1 aromatic carbocycles. The Balaban J connectivity index is 1.92. The van der Waals surface area contributed by atoms with E-state index in [-0.39, 0.29) is 0 Å². The third-order valence-electron chi connectivity index (χ3n) is 2.55. The minimum Gasteiger partial charge on any atom is -0.399 e. The van der Waals surface area contributed by atoms with Gasteiger partial charge in [0, 0.05) is 16.3 Å². The van der Waals surface area contributed by atoms with Crippen molar-refractivity contribution >= 4 is 16.5 Å². The molecule has 0 amide bonds. The monoisotopic (exact) mass is 209 g/mol. The molecule has 76 valence electrons. The van der Waals surface area contributed by atoms with Gasteiger partial charge in [0.25, 0.3) is 0 Å². The highest BCUT2D eigenvalue weighted by Gasteiger charge is 2.21. The van der Waals surface area contributed by atoms with Gasteiger partial charge in [-0.3, -0.25) is 4.21 Å². The van der Waals surface area contributed by atoms with E-state index in [1.54, 1.807) is 0 Å². The molecular weight excluding hydrogens is 194 g/mol. The summed E-state index contributed by atoms with van der Waals surface area (Å²) in [4.78, 5) is 0.903. The molecule has 0 heterocycles. The van der Waals surface area contributed by atoms with E-state index in [1.807, 2.05) is 24.3 Å². The van der Waals surface area contributed by atoms with Crippen molar-refractivity contribution in [2.24, 2.45) is 5.92 Å². The molecule has 1 aromatic rings. The van der Waals surface area contributed by atoms with Gasteiger partial charge in [-0.2, -0.15) is 0 Å². The van der Waals surface area contributed by atoms with Gasteiger partial charge in [0.15, 0.2) is 0 Å². The van der Waals surface area contributed by atoms with Crippen molar-refractivity contribution in [3.8, 4) is 0 Å². The first kappa shape index (κ1) is 9.71. The SMILES string of the molecule is Nc1ccc(S(=O)CCC2CC2)cc1. The topological polar surface area (TPSA) is 43.1 Å². The third-order valence-corrected chi connectivity index (χ3v) is 3.96. The fraction of sp³-hybridized carbons (Fsp3) is 0.455.